The van der Waals surface area contributed by atoms with E-state index in [1.54, 1.807) is 17.7 Å². The summed E-state index contributed by atoms with van der Waals surface area (Å²) in [6, 6.07) is 1.80. The predicted octanol–water partition coefficient (Wildman–Crippen LogP) is 1.33. The molecule has 2 heterocycles. The molecule has 2 aromatic heterocycles. The monoisotopic (exact) mass is 262 g/mol. The molecule has 0 fully saturated rings. The molecule has 19 heavy (non-hydrogen) atoms. The summed E-state index contributed by atoms with van der Waals surface area (Å²) >= 11 is 0. The van der Waals surface area contributed by atoms with Crippen LogP contribution in [0.1, 0.15) is 35.7 Å². The smallest absolute Gasteiger partial charge is 0.277 e. The molecule has 102 valence electrons. The number of H-pyrrole nitrogens is 1. The fourth-order valence-corrected chi connectivity index (χ4v) is 1.85. The lowest BCUT2D eigenvalue weighted by Gasteiger charge is -2.05. The number of carbonyl (C=O) groups is 1. The van der Waals surface area contributed by atoms with Crippen molar-refractivity contribution in [2.24, 2.45) is 0 Å². The lowest BCUT2D eigenvalue weighted by Crippen LogP contribution is -2.19. The van der Waals surface area contributed by atoms with Crippen LogP contribution in [0.5, 0.6) is 0 Å². The maximum absolute atomic E-state index is 12.2. The van der Waals surface area contributed by atoms with Gasteiger partial charge >= 0.3 is 0 Å². The minimum atomic E-state index is -0.297. The van der Waals surface area contributed by atoms with Crippen LogP contribution in [0.4, 0.5) is 11.5 Å². The molecule has 2 aromatic rings. The molecular weight excluding hydrogens is 244 g/mol. The van der Waals surface area contributed by atoms with Crippen molar-refractivity contribution in [3.05, 3.63) is 23.1 Å². The number of nitrogens with zero attached hydrogens (tertiary/aromatic N) is 3. The van der Waals surface area contributed by atoms with E-state index in [1.807, 2.05) is 13.8 Å². The van der Waals surface area contributed by atoms with Crippen LogP contribution in [0, 0.1) is 6.92 Å². The van der Waals surface area contributed by atoms with E-state index in [0.29, 0.717) is 29.4 Å². The number of nitrogen functional groups attached to an aromatic ring is 1. The topological polar surface area (TPSA) is 102 Å². The third-order valence-electron chi connectivity index (χ3n) is 2.94. The molecule has 0 spiro atoms. The van der Waals surface area contributed by atoms with Gasteiger partial charge in [-0.3, -0.25) is 14.6 Å². The van der Waals surface area contributed by atoms with Crippen LogP contribution >= 0.6 is 0 Å². The van der Waals surface area contributed by atoms with Gasteiger partial charge in [0.05, 0.1) is 11.4 Å². The van der Waals surface area contributed by atoms with Crippen LogP contribution in [-0.4, -0.2) is 25.9 Å². The molecule has 0 aliphatic carbocycles. The number of hydrogen-bond donors (Lipinski definition) is 3. The molecule has 7 heteroatoms. The third kappa shape index (κ3) is 2.44. The first-order valence-corrected chi connectivity index (χ1v) is 6.25. The zero-order valence-electron chi connectivity index (χ0n) is 11.3. The van der Waals surface area contributed by atoms with Gasteiger partial charge in [-0.05, 0) is 20.3 Å². The Labute approximate surface area is 111 Å². The Kier molecular flexibility index (Phi) is 3.55. The summed E-state index contributed by atoms with van der Waals surface area (Å²) in [6.45, 7) is 6.28. The summed E-state index contributed by atoms with van der Waals surface area (Å²) in [4.78, 5) is 12.2. The van der Waals surface area contributed by atoms with E-state index in [1.165, 1.54) is 0 Å². The number of aromatic amines is 1. The maximum Gasteiger partial charge on any atom is 0.277 e. The van der Waals surface area contributed by atoms with Crippen LogP contribution in [0.2, 0.25) is 0 Å². The van der Waals surface area contributed by atoms with Gasteiger partial charge in [0.15, 0.2) is 5.82 Å². The normalized spacial score (nSPS) is 10.7. The second kappa shape index (κ2) is 5.13. The van der Waals surface area contributed by atoms with Crippen molar-refractivity contribution in [3.63, 3.8) is 0 Å². The molecule has 2 rings (SSSR count). The minimum Gasteiger partial charge on any atom is -0.395 e. The highest BCUT2D eigenvalue weighted by Crippen LogP contribution is 2.18. The predicted molar refractivity (Wildman–Crippen MR) is 73.0 cm³/mol. The van der Waals surface area contributed by atoms with Gasteiger partial charge in [0.2, 0.25) is 0 Å². The first kappa shape index (κ1) is 13.1. The number of nitrogens with two attached hydrogens (primary N) is 1. The summed E-state index contributed by atoms with van der Waals surface area (Å²) < 4.78 is 1.59. The number of rotatable bonds is 4. The molecule has 0 aliphatic heterocycles. The number of aromatic nitrogens is 4. The minimum absolute atomic E-state index is 0.297. The molecule has 0 atom stereocenters. The van der Waals surface area contributed by atoms with E-state index in [2.05, 4.69) is 20.6 Å². The van der Waals surface area contributed by atoms with Gasteiger partial charge in [0.25, 0.3) is 5.91 Å². The molecule has 0 bridgehead atoms. The Hall–Kier alpha value is -2.31. The number of anilines is 2. The molecule has 1 amide bonds. The fraction of sp³-hybridized carbons (Fsp3) is 0.417. The van der Waals surface area contributed by atoms with Crippen molar-refractivity contribution in [2.45, 2.75) is 33.7 Å². The summed E-state index contributed by atoms with van der Waals surface area (Å²) in [5.41, 5.74) is 8.29. The van der Waals surface area contributed by atoms with E-state index in [0.717, 1.165) is 12.1 Å². The molecule has 0 unspecified atom stereocenters. The number of amides is 1. The summed E-state index contributed by atoms with van der Waals surface area (Å²) in [6.07, 6.45) is 0.830. The van der Waals surface area contributed by atoms with Gasteiger partial charge in [0, 0.05) is 18.3 Å². The highest BCUT2D eigenvalue weighted by atomic mass is 16.2. The number of carbonyl (C=O) groups excluding carboxylic acids is 1. The van der Waals surface area contributed by atoms with E-state index in [9.17, 15) is 4.79 Å². The molecule has 7 nitrogen and oxygen atoms in total. The van der Waals surface area contributed by atoms with Crippen molar-refractivity contribution in [3.8, 4) is 0 Å². The second-order valence-electron chi connectivity index (χ2n) is 4.25. The highest BCUT2D eigenvalue weighted by Gasteiger charge is 2.19. The van der Waals surface area contributed by atoms with Crippen LogP contribution in [0.3, 0.4) is 0 Å². The molecule has 0 aromatic carbocycles. The van der Waals surface area contributed by atoms with E-state index in [4.69, 9.17) is 5.73 Å². The van der Waals surface area contributed by atoms with Crippen molar-refractivity contribution in [1.82, 2.24) is 20.0 Å². The number of nitrogens with one attached hydrogen (secondary N) is 2. The number of hydrogen-bond acceptors (Lipinski definition) is 4. The molecule has 0 saturated heterocycles. The van der Waals surface area contributed by atoms with Crippen molar-refractivity contribution in [2.75, 3.05) is 11.1 Å². The Balaban J connectivity index is 2.24. The Morgan fingerprint density at radius 1 is 1.53 bits per heavy atom. The van der Waals surface area contributed by atoms with E-state index >= 15 is 0 Å². The van der Waals surface area contributed by atoms with Crippen LogP contribution < -0.4 is 11.1 Å². The quantitative estimate of drug-likeness (QED) is 0.773. The average Bonchev–Trinajstić information content (AvgIpc) is 2.95. The summed E-state index contributed by atoms with van der Waals surface area (Å²) in [5, 5.41) is 13.8. The van der Waals surface area contributed by atoms with Crippen LogP contribution in [0.25, 0.3) is 0 Å². The lowest BCUT2D eigenvalue weighted by molar-refractivity contribution is 0.101. The Morgan fingerprint density at radius 2 is 2.26 bits per heavy atom. The van der Waals surface area contributed by atoms with E-state index < -0.39 is 0 Å². The zero-order valence-corrected chi connectivity index (χ0v) is 11.3. The standard InChI is InChI=1S/C12H18N6O/c1-4-8-6-9(16-15-8)14-12(19)11-10(13)7(3)17-18(11)5-2/h6H,4-5,13H2,1-3H3,(H2,14,15,16,19). The number of aryl methyl sites for hydroxylation is 3. The molecular formula is C12H18N6O. The van der Waals surface area contributed by atoms with Crippen molar-refractivity contribution < 1.29 is 4.79 Å². The second-order valence-corrected chi connectivity index (χ2v) is 4.25. The zero-order chi connectivity index (χ0) is 14.0. The molecule has 0 saturated carbocycles. The molecule has 0 radical (unpaired) electrons. The van der Waals surface area contributed by atoms with Crippen LogP contribution in [-0.2, 0) is 13.0 Å². The lowest BCUT2D eigenvalue weighted by atomic mass is 10.3. The van der Waals surface area contributed by atoms with Crippen molar-refractivity contribution >= 4 is 17.4 Å². The average molecular weight is 262 g/mol. The Bertz CT molecular complexity index is 597. The first-order valence-electron chi connectivity index (χ1n) is 6.25. The van der Waals surface area contributed by atoms with Crippen LogP contribution in [0.15, 0.2) is 6.07 Å². The maximum atomic E-state index is 12.2. The SMILES string of the molecule is CCc1cc(NC(=O)c2c(N)c(C)nn2CC)n[nH]1. The molecule has 4 N–H and O–H groups in total. The van der Waals surface area contributed by atoms with Gasteiger partial charge in [-0.1, -0.05) is 6.92 Å². The molecule has 0 aliphatic rings. The van der Waals surface area contributed by atoms with Gasteiger partial charge in [-0.2, -0.15) is 10.2 Å². The van der Waals surface area contributed by atoms with Gasteiger partial charge in [-0.15, -0.1) is 0 Å². The van der Waals surface area contributed by atoms with Gasteiger partial charge in [-0.25, -0.2) is 0 Å². The van der Waals surface area contributed by atoms with Gasteiger partial charge < -0.3 is 11.1 Å². The fourth-order valence-electron chi connectivity index (χ4n) is 1.85. The Morgan fingerprint density at radius 3 is 2.84 bits per heavy atom. The van der Waals surface area contributed by atoms with E-state index in [-0.39, 0.29) is 5.91 Å². The largest absolute Gasteiger partial charge is 0.395 e. The summed E-state index contributed by atoms with van der Waals surface area (Å²) in [5.74, 6) is 0.192. The highest BCUT2D eigenvalue weighted by molar-refractivity contribution is 6.06. The van der Waals surface area contributed by atoms with Crippen molar-refractivity contribution in [1.29, 1.82) is 0 Å². The first-order chi connectivity index (χ1) is 9.06. The summed E-state index contributed by atoms with van der Waals surface area (Å²) in [7, 11) is 0. The van der Waals surface area contributed by atoms with Gasteiger partial charge in [0.1, 0.15) is 5.69 Å². The third-order valence-corrected chi connectivity index (χ3v) is 2.94.